The van der Waals surface area contributed by atoms with E-state index >= 15 is 0 Å². The maximum atomic E-state index is 11.9. The molecule has 0 aliphatic heterocycles. The number of anilines is 1. The summed E-state index contributed by atoms with van der Waals surface area (Å²) >= 11 is 9.10. The highest BCUT2D eigenvalue weighted by molar-refractivity contribution is 7.99. The number of amides is 1. The number of unbranched alkanes of at least 4 members (excludes halogenated alkanes) is 1. The van der Waals surface area contributed by atoms with Crippen LogP contribution in [-0.4, -0.2) is 21.9 Å². The summed E-state index contributed by atoms with van der Waals surface area (Å²) in [5.74, 6) is 0.634. The maximum absolute atomic E-state index is 11.9. The lowest BCUT2D eigenvalue weighted by atomic mass is 10.3. The summed E-state index contributed by atoms with van der Waals surface area (Å²) in [6, 6.07) is 7.64. The van der Waals surface area contributed by atoms with Gasteiger partial charge in [0.2, 0.25) is 11.0 Å². The van der Waals surface area contributed by atoms with Crippen LogP contribution in [0.3, 0.4) is 0 Å². The molecule has 0 spiro atoms. The molecule has 0 unspecified atom stereocenters. The Labute approximate surface area is 143 Å². The van der Waals surface area contributed by atoms with Crippen molar-refractivity contribution >= 4 is 45.7 Å². The van der Waals surface area contributed by atoms with Gasteiger partial charge in [0.1, 0.15) is 5.01 Å². The molecule has 0 aliphatic carbocycles. The van der Waals surface area contributed by atoms with E-state index in [0.29, 0.717) is 17.3 Å². The fraction of sp³-hybridized carbons (Fsp3) is 0.400. The van der Waals surface area contributed by atoms with Crippen molar-refractivity contribution in [3.05, 3.63) is 34.3 Å². The third kappa shape index (κ3) is 5.59. The van der Waals surface area contributed by atoms with Gasteiger partial charge in [-0.3, -0.25) is 4.79 Å². The molecular formula is C15H18ClN3OS2. The van der Waals surface area contributed by atoms with E-state index in [1.165, 1.54) is 11.3 Å². The number of aromatic nitrogens is 2. The van der Waals surface area contributed by atoms with Gasteiger partial charge in [-0.05, 0) is 18.6 Å². The van der Waals surface area contributed by atoms with Crippen LogP contribution in [0.1, 0.15) is 31.2 Å². The van der Waals surface area contributed by atoms with Crippen molar-refractivity contribution in [2.24, 2.45) is 0 Å². The number of rotatable bonds is 8. The van der Waals surface area contributed by atoms with Gasteiger partial charge in [0.25, 0.3) is 0 Å². The highest BCUT2D eigenvalue weighted by Gasteiger charge is 2.08. The molecule has 0 aliphatic rings. The first-order valence-electron chi connectivity index (χ1n) is 7.18. The van der Waals surface area contributed by atoms with Crippen molar-refractivity contribution in [2.75, 3.05) is 11.1 Å². The first-order valence-corrected chi connectivity index (χ1v) is 9.36. The van der Waals surface area contributed by atoms with E-state index < -0.39 is 0 Å². The van der Waals surface area contributed by atoms with Gasteiger partial charge in [0.15, 0.2) is 0 Å². The topological polar surface area (TPSA) is 54.9 Å². The fourth-order valence-corrected chi connectivity index (χ4v) is 3.72. The molecule has 0 atom stereocenters. The van der Waals surface area contributed by atoms with E-state index in [9.17, 15) is 4.79 Å². The van der Waals surface area contributed by atoms with Gasteiger partial charge in [0.05, 0.1) is 5.02 Å². The van der Waals surface area contributed by atoms with Gasteiger partial charge in [-0.25, -0.2) is 0 Å². The smallest absolute Gasteiger partial charge is 0.227 e. The van der Waals surface area contributed by atoms with E-state index in [4.69, 9.17) is 11.6 Å². The Morgan fingerprint density at radius 1 is 1.36 bits per heavy atom. The second kappa shape index (κ2) is 9.12. The molecule has 0 fully saturated rings. The number of halogens is 1. The van der Waals surface area contributed by atoms with Crippen molar-refractivity contribution in [3.8, 4) is 0 Å². The van der Waals surface area contributed by atoms with Crippen molar-refractivity contribution in [1.82, 2.24) is 10.2 Å². The Balaban J connectivity index is 1.74. The van der Waals surface area contributed by atoms with Crippen LogP contribution in [0.4, 0.5) is 5.13 Å². The summed E-state index contributed by atoms with van der Waals surface area (Å²) in [4.78, 5) is 12.9. The predicted octanol–water partition coefficient (Wildman–Crippen LogP) is 4.66. The molecule has 0 saturated heterocycles. The molecule has 1 aromatic carbocycles. The number of carbonyl (C=O) groups excluding carboxylic acids is 1. The van der Waals surface area contributed by atoms with Crippen LogP contribution in [0.15, 0.2) is 29.2 Å². The zero-order chi connectivity index (χ0) is 15.8. The Morgan fingerprint density at radius 3 is 2.95 bits per heavy atom. The Morgan fingerprint density at radius 2 is 2.18 bits per heavy atom. The van der Waals surface area contributed by atoms with Gasteiger partial charge in [0, 0.05) is 23.5 Å². The number of nitrogens with zero attached hydrogens (tertiary/aromatic N) is 2. The standard InChI is InChI=1S/C15H18ClN3OS2/c1-2-3-8-14-18-19-15(22-14)17-13(20)9-10-21-12-7-5-4-6-11(12)16/h4-7H,2-3,8-10H2,1H3,(H,17,19,20). The monoisotopic (exact) mass is 355 g/mol. The summed E-state index contributed by atoms with van der Waals surface area (Å²) in [7, 11) is 0. The molecule has 7 heteroatoms. The Kier molecular flexibility index (Phi) is 7.15. The number of hydrogen-bond donors (Lipinski definition) is 1. The maximum Gasteiger partial charge on any atom is 0.227 e. The van der Waals surface area contributed by atoms with Crippen LogP contribution in [0.2, 0.25) is 5.02 Å². The second-order valence-electron chi connectivity index (χ2n) is 4.68. The van der Waals surface area contributed by atoms with Gasteiger partial charge in [-0.2, -0.15) is 0 Å². The lowest BCUT2D eigenvalue weighted by Gasteiger charge is -2.03. The minimum atomic E-state index is -0.0438. The third-order valence-electron chi connectivity index (χ3n) is 2.88. The molecule has 1 aromatic heterocycles. The van der Waals surface area contributed by atoms with Crippen LogP contribution in [0.25, 0.3) is 0 Å². The summed E-state index contributed by atoms with van der Waals surface area (Å²) < 4.78 is 0. The van der Waals surface area contributed by atoms with Gasteiger partial charge in [-0.15, -0.1) is 22.0 Å². The zero-order valence-electron chi connectivity index (χ0n) is 12.3. The Bertz CT molecular complexity index is 618. The summed E-state index contributed by atoms with van der Waals surface area (Å²) in [6.45, 7) is 2.14. The average Bonchev–Trinajstić information content (AvgIpc) is 2.94. The molecule has 1 N–H and O–H groups in total. The fourth-order valence-electron chi connectivity index (χ4n) is 1.73. The molecule has 1 amide bonds. The minimum absolute atomic E-state index is 0.0438. The van der Waals surface area contributed by atoms with Crippen LogP contribution >= 0.6 is 34.7 Å². The largest absolute Gasteiger partial charge is 0.301 e. The highest BCUT2D eigenvalue weighted by Crippen LogP contribution is 2.27. The molecule has 0 saturated carbocycles. The molecule has 1 heterocycles. The molecule has 118 valence electrons. The van der Waals surface area contributed by atoms with Gasteiger partial charge in [-0.1, -0.05) is 48.4 Å². The van der Waals surface area contributed by atoms with Crippen molar-refractivity contribution < 1.29 is 4.79 Å². The van der Waals surface area contributed by atoms with E-state index in [1.807, 2.05) is 24.3 Å². The molecule has 0 bridgehead atoms. The molecule has 0 radical (unpaired) electrons. The first kappa shape index (κ1) is 17.2. The predicted molar refractivity (Wildman–Crippen MR) is 93.9 cm³/mol. The van der Waals surface area contributed by atoms with E-state index in [1.54, 1.807) is 11.8 Å². The minimum Gasteiger partial charge on any atom is -0.301 e. The highest BCUT2D eigenvalue weighted by atomic mass is 35.5. The number of nitrogens with one attached hydrogen (secondary N) is 1. The summed E-state index contributed by atoms with van der Waals surface area (Å²) in [5.41, 5.74) is 0. The van der Waals surface area contributed by atoms with Crippen LogP contribution in [-0.2, 0) is 11.2 Å². The normalized spacial score (nSPS) is 10.6. The summed E-state index contributed by atoms with van der Waals surface area (Å²) in [5, 5.41) is 13.2. The van der Waals surface area contributed by atoms with E-state index in [2.05, 4.69) is 22.4 Å². The molecular weight excluding hydrogens is 338 g/mol. The SMILES string of the molecule is CCCCc1nnc(NC(=O)CCSc2ccccc2Cl)s1. The molecule has 2 aromatic rings. The number of thioether (sulfide) groups is 1. The van der Waals surface area contributed by atoms with Gasteiger partial charge >= 0.3 is 0 Å². The van der Waals surface area contributed by atoms with E-state index in [-0.39, 0.29) is 5.91 Å². The number of hydrogen-bond acceptors (Lipinski definition) is 5. The first-order chi connectivity index (χ1) is 10.7. The number of carbonyl (C=O) groups is 1. The van der Waals surface area contributed by atoms with Gasteiger partial charge < -0.3 is 5.32 Å². The van der Waals surface area contributed by atoms with Crippen LogP contribution in [0, 0.1) is 0 Å². The molecule has 2 rings (SSSR count). The van der Waals surface area contributed by atoms with Crippen LogP contribution in [0.5, 0.6) is 0 Å². The number of aryl methyl sites for hydroxylation is 1. The van der Waals surface area contributed by atoms with E-state index in [0.717, 1.165) is 34.2 Å². The lowest BCUT2D eigenvalue weighted by molar-refractivity contribution is -0.115. The third-order valence-corrected chi connectivity index (χ3v) is 5.30. The summed E-state index contributed by atoms with van der Waals surface area (Å²) in [6.07, 6.45) is 3.56. The molecule has 4 nitrogen and oxygen atoms in total. The Hall–Kier alpha value is -1.11. The quantitative estimate of drug-likeness (QED) is 0.700. The number of benzene rings is 1. The molecule has 22 heavy (non-hydrogen) atoms. The lowest BCUT2D eigenvalue weighted by Crippen LogP contribution is -2.11. The second-order valence-corrected chi connectivity index (χ2v) is 7.29. The van der Waals surface area contributed by atoms with Crippen molar-refractivity contribution in [2.45, 2.75) is 37.5 Å². The zero-order valence-corrected chi connectivity index (χ0v) is 14.7. The van der Waals surface area contributed by atoms with Crippen molar-refractivity contribution in [1.29, 1.82) is 0 Å². The van der Waals surface area contributed by atoms with Crippen LogP contribution < -0.4 is 5.32 Å². The van der Waals surface area contributed by atoms with Crippen molar-refractivity contribution in [3.63, 3.8) is 0 Å². The average molecular weight is 356 g/mol.